The molecule has 0 radical (unpaired) electrons. The second kappa shape index (κ2) is 6.89. The van der Waals surface area contributed by atoms with Gasteiger partial charge in [0, 0.05) is 20.1 Å². The molecule has 1 aromatic heterocycles. The third-order valence-corrected chi connectivity index (χ3v) is 3.94. The van der Waals surface area contributed by atoms with Gasteiger partial charge in [-0.05, 0) is 25.7 Å². The maximum atomic E-state index is 5.97. The Morgan fingerprint density at radius 1 is 1.10 bits per heavy atom. The first-order chi connectivity index (χ1) is 10.3. The summed E-state index contributed by atoms with van der Waals surface area (Å²) >= 11 is 0. The van der Waals surface area contributed by atoms with Crippen LogP contribution in [0.2, 0.25) is 0 Å². The van der Waals surface area contributed by atoms with Crippen LogP contribution in [0.25, 0.3) is 0 Å². The molecule has 1 aromatic rings. The van der Waals surface area contributed by atoms with Crippen LogP contribution in [0.15, 0.2) is 0 Å². The normalized spacial score (nSPS) is 20.3. The first-order valence-electron chi connectivity index (χ1n) is 7.78. The molecule has 1 saturated carbocycles. The molecule has 2 heterocycles. The number of ether oxygens (including phenoxy) is 2. The molecule has 7 nitrogen and oxygen atoms in total. The first kappa shape index (κ1) is 14.3. The Morgan fingerprint density at radius 2 is 1.86 bits per heavy atom. The van der Waals surface area contributed by atoms with E-state index in [0.29, 0.717) is 31.1 Å². The summed E-state index contributed by atoms with van der Waals surface area (Å²) in [5.74, 6) is 1.22. The summed E-state index contributed by atoms with van der Waals surface area (Å²) in [6, 6.07) is 0.433. The molecular formula is C14H23N5O2. The maximum absolute atomic E-state index is 5.97. The lowest BCUT2D eigenvalue weighted by Crippen LogP contribution is -2.37. The van der Waals surface area contributed by atoms with Crippen molar-refractivity contribution in [1.29, 1.82) is 0 Å². The van der Waals surface area contributed by atoms with Crippen LogP contribution < -0.4 is 15.0 Å². The van der Waals surface area contributed by atoms with E-state index in [-0.39, 0.29) is 6.10 Å². The van der Waals surface area contributed by atoms with Crippen LogP contribution in [0.5, 0.6) is 6.01 Å². The second-order valence-corrected chi connectivity index (χ2v) is 5.47. The van der Waals surface area contributed by atoms with Crippen molar-refractivity contribution in [2.45, 2.75) is 38.2 Å². The smallest absolute Gasteiger partial charge is 0.323 e. The zero-order valence-corrected chi connectivity index (χ0v) is 12.5. The van der Waals surface area contributed by atoms with Gasteiger partial charge < -0.3 is 19.7 Å². The predicted molar refractivity (Wildman–Crippen MR) is 79.9 cm³/mol. The predicted octanol–water partition coefficient (Wildman–Crippen LogP) is 1.46. The van der Waals surface area contributed by atoms with Crippen LogP contribution in [0.1, 0.15) is 32.1 Å². The molecule has 21 heavy (non-hydrogen) atoms. The van der Waals surface area contributed by atoms with E-state index in [2.05, 4.69) is 25.2 Å². The van der Waals surface area contributed by atoms with Crippen LogP contribution in [-0.2, 0) is 4.74 Å². The fourth-order valence-electron chi connectivity index (χ4n) is 2.75. The second-order valence-electron chi connectivity index (χ2n) is 5.47. The van der Waals surface area contributed by atoms with Gasteiger partial charge in [-0.3, -0.25) is 0 Å². The highest BCUT2D eigenvalue weighted by atomic mass is 16.5. The highest BCUT2D eigenvalue weighted by molar-refractivity contribution is 5.38. The molecule has 2 aliphatic rings. The number of nitrogens with zero attached hydrogens (tertiary/aromatic N) is 4. The molecular weight excluding hydrogens is 270 g/mol. The van der Waals surface area contributed by atoms with Crippen molar-refractivity contribution in [3.8, 4) is 6.01 Å². The zero-order valence-electron chi connectivity index (χ0n) is 12.5. The Morgan fingerprint density at radius 3 is 2.57 bits per heavy atom. The van der Waals surface area contributed by atoms with E-state index in [1.165, 1.54) is 19.3 Å². The van der Waals surface area contributed by atoms with Crippen molar-refractivity contribution >= 4 is 11.9 Å². The minimum atomic E-state index is 0.239. The van der Waals surface area contributed by atoms with Crippen molar-refractivity contribution in [2.24, 2.45) is 0 Å². The number of morpholine rings is 1. The fourth-order valence-corrected chi connectivity index (χ4v) is 2.75. The molecule has 3 rings (SSSR count). The largest absolute Gasteiger partial charge is 0.460 e. The number of anilines is 2. The van der Waals surface area contributed by atoms with Crippen LogP contribution in [-0.4, -0.2) is 54.4 Å². The Bertz CT molecular complexity index is 459. The van der Waals surface area contributed by atoms with Gasteiger partial charge in [0.1, 0.15) is 6.10 Å². The topological polar surface area (TPSA) is 72.4 Å². The number of rotatable bonds is 4. The highest BCUT2D eigenvalue weighted by Crippen LogP contribution is 2.23. The van der Waals surface area contributed by atoms with Gasteiger partial charge in [0.05, 0.1) is 13.2 Å². The summed E-state index contributed by atoms with van der Waals surface area (Å²) in [6.45, 7) is 3.02. The first-order valence-corrected chi connectivity index (χ1v) is 7.78. The zero-order chi connectivity index (χ0) is 14.5. The minimum Gasteiger partial charge on any atom is -0.460 e. The Kier molecular flexibility index (Phi) is 4.69. The van der Waals surface area contributed by atoms with Gasteiger partial charge in [0.15, 0.2) is 0 Å². The van der Waals surface area contributed by atoms with Crippen LogP contribution in [0.3, 0.4) is 0 Å². The van der Waals surface area contributed by atoms with Gasteiger partial charge in [0.2, 0.25) is 11.9 Å². The van der Waals surface area contributed by atoms with Crippen molar-refractivity contribution in [3.05, 3.63) is 0 Å². The monoisotopic (exact) mass is 293 g/mol. The molecule has 7 heteroatoms. The van der Waals surface area contributed by atoms with Crippen LogP contribution in [0.4, 0.5) is 11.9 Å². The molecule has 116 valence electrons. The Hall–Kier alpha value is -1.63. The lowest BCUT2D eigenvalue weighted by atomic mass is 9.98. The van der Waals surface area contributed by atoms with E-state index >= 15 is 0 Å². The van der Waals surface area contributed by atoms with Gasteiger partial charge in [-0.25, -0.2) is 0 Å². The summed E-state index contributed by atoms with van der Waals surface area (Å²) in [6.07, 6.45) is 6.18. The van der Waals surface area contributed by atoms with Crippen LogP contribution >= 0.6 is 0 Å². The molecule has 1 aliphatic carbocycles. The molecule has 0 atom stereocenters. The van der Waals surface area contributed by atoms with Gasteiger partial charge >= 0.3 is 6.01 Å². The number of hydrogen-bond donors (Lipinski definition) is 1. The summed E-state index contributed by atoms with van der Waals surface area (Å²) in [7, 11) is 1.81. The standard InChI is InChI=1S/C14H23N5O2/c1-15-12-16-13(19-7-9-20-10-8-19)18-14(17-12)21-11-5-3-2-4-6-11/h11H,2-10H2,1H3,(H,15,16,17,18). The van der Waals surface area contributed by atoms with E-state index in [1.54, 1.807) is 0 Å². The number of nitrogens with one attached hydrogen (secondary N) is 1. The summed E-state index contributed by atoms with van der Waals surface area (Å²) in [5, 5.41) is 2.98. The average Bonchev–Trinajstić information content (AvgIpc) is 2.56. The van der Waals surface area contributed by atoms with E-state index in [1.807, 2.05) is 7.05 Å². The quantitative estimate of drug-likeness (QED) is 0.901. The Balaban J connectivity index is 1.75. The summed E-state index contributed by atoms with van der Waals surface area (Å²) < 4.78 is 11.3. The average molecular weight is 293 g/mol. The van der Waals surface area contributed by atoms with Crippen molar-refractivity contribution in [1.82, 2.24) is 15.0 Å². The molecule has 1 saturated heterocycles. The van der Waals surface area contributed by atoms with Crippen molar-refractivity contribution in [3.63, 3.8) is 0 Å². The molecule has 1 aliphatic heterocycles. The third-order valence-electron chi connectivity index (χ3n) is 3.94. The molecule has 0 aromatic carbocycles. The molecule has 0 spiro atoms. The fraction of sp³-hybridized carbons (Fsp3) is 0.786. The summed E-state index contributed by atoms with van der Waals surface area (Å²) in [4.78, 5) is 15.3. The van der Waals surface area contributed by atoms with Crippen LogP contribution in [0, 0.1) is 0 Å². The number of hydrogen-bond acceptors (Lipinski definition) is 7. The lowest BCUT2D eigenvalue weighted by molar-refractivity contribution is 0.121. The van der Waals surface area contributed by atoms with E-state index in [4.69, 9.17) is 9.47 Å². The van der Waals surface area contributed by atoms with E-state index in [9.17, 15) is 0 Å². The van der Waals surface area contributed by atoms with Crippen molar-refractivity contribution < 1.29 is 9.47 Å². The molecule has 2 fully saturated rings. The van der Waals surface area contributed by atoms with Gasteiger partial charge in [0.25, 0.3) is 0 Å². The van der Waals surface area contributed by atoms with Gasteiger partial charge in [-0.1, -0.05) is 6.42 Å². The highest BCUT2D eigenvalue weighted by Gasteiger charge is 2.20. The summed E-state index contributed by atoms with van der Waals surface area (Å²) in [5.41, 5.74) is 0. The number of aromatic nitrogens is 3. The minimum absolute atomic E-state index is 0.239. The Labute approximate surface area is 125 Å². The van der Waals surface area contributed by atoms with Crippen molar-refractivity contribution in [2.75, 3.05) is 43.6 Å². The molecule has 1 N–H and O–H groups in total. The maximum Gasteiger partial charge on any atom is 0.323 e. The van der Waals surface area contributed by atoms with Gasteiger partial charge in [-0.15, -0.1) is 0 Å². The third kappa shape index (κ3) is 3.72. The molecule has 0 unspecified atom stereocenters. The molecule has 0 bridgehead atoms. The molecule has 0 amide bonds. The van der Waals surface area contributed by atoms with E-state index < -0.39 is 0 Å². The van der Waals surface area contributed by atoms with E-state index in [0.717, 1.165) is 25.9 Å². The SMILES string of the molecule is CNc1nc(OC2CCCCC2)nc(N2CCOCC2)n1. The lowest BCUT2D eigenvalue weighted by Gasteiger charge is -2.27. The van der Waals surface area contributed by atoms with Gasteiger partial charge in [-0.2, -0.15) is 15.0 Å².